The summed E-state index contributed by atoms with van der Waals surface area (Å²) in [7, 11) is -1.36. The van der Waals surface area contributed by atoms with E-state index in [4.69, 9.17) is 8.39 Å². The van der Waals surface area contributed by atoms with E-state index in [9.17, 15) is 0 Å². The second-order valence-corrected chi connectivity index (χ2v) is 15.7. The van der Waals surface area contributed by atoms with Gasteiger partial charge in [-0.2, -0.15) is 0 Å². The predicted octanol–water partition coefficient (Wildman–Crippen LogP) is 10.4. The maximum atomic E-state index is 6.80. The first-order valence-corrected chi connectivity index (χ1v) is 14.2. The molecule has 1 heterocycles. The van der Waals surface area contributed by atoms with Crippen molar-refractivity contribution in [2.45, 2.75) is 125 Å². The van der Waals surface area contributed by atoms with Crippen LogP contribution in [0.4, 0.5) is 0 Å². The van der Waals surface area contributed by atoms with Gasteiger partial charge < -0.3 is 8.39 Å². The minimum absolute atomic E-state index is 0.0117. The van der Waals surface area contributed by atoms with Crippen molar-refractivity contribution < 1.29 is 8.39 Å². The van der Waals surface area contributed by atoms with Crippen LogP contribution in [0.25, 0.3) is 21.9 Å². The summed E-state index contributed by atoms with van der Waals surface area (Å²) in [5, 5.41) is 5.86. The second kappa shape index (κ2) is 9.00. The Morgan fingerprint density at radius 1 is 0.571 bits per heavy atom. The molecule has 3 rings (SSSR count). The molecule has 0 bridgehead atoms. The van der Waals surface area contributed by atoms with Gasteiger partial charge in [0.05, 0.1) is 0 Å². The van der Waals surface area contributed by atoms with Crippen LogP contribution in [0.2, 0.25) is 0 Å². The van der Waals surface area contributed by atoms with Gasteiger partial charge in [-0.1, -0.05) is 95.2 Å². The fourth-order valence-electron chi connectivity index (χ4n) is 4.28. The number of fused-ring (bicyclic) bond motifs is 3. The van der Waals surface area contributed by atoms with Gasteiger partial charge in [-0.05, 0) is 58.8 Å². The van der Waals surface area contributed by atoms with Crippen molar-refractivity contribution >= 4 is 30.1 Å². The van der Waals surface area contributed by atoms with Crippen LogP contribution in [-0.2, 0) is 21.7 Å². The molecule has 0 aliphatic heterocycles. The zero-order valence-corrected chi connectivity index (χ0v) is 25.5. The van der Waals surface area contributed by atoms with Crippen LogP contribution < -0.4 is 5.09 Å². The van der Waals surface area contributed by atoms with Crippen molar-refractivity contribution in [1.29, 1.82) is 0 Å². The van der Waals surface area contributed by atoms with Crippen LogP contribution in [0.3, 0.4) is 0 Å². The van der Waals surface area contributed by atoms with Gasteiger partial charge in [0.2, 0.25) is 0 Å². The topological polar surface area (TPSA) is 38.3 Å². The van der Waals surface area contributed by atoms with Crippen LogP contribution in [-0.4, -0.2) is 6.04 Å². The van der Waals surface area contributed by atoms with E-state index in [1.807, 2.05) is 0 Å². The number of hydrogen-bond acceptors (Lipinski definition) is 3. The Bertz CT molecular complexity index is 1180. The molecule has 0 aliphatic carbocycles. The highest BCUT2D eigenvalue weighted by Crippen LogP contribution is 2.44. The smallest absolute Gasteiger partial charge is 0.307 e. The van der Waals surface area contributed by atoms with Gasteiger partial charge in [0.1, 0.15) is 11.2 Å². The molecule has 1 N–H and O–H groups in total. The molecular weight excluding hydrogens is 449 g/mol. The Kier molecular flexibility index (Phi) is 7.17. The molecule has 0 amide bonds. The molecule has 4 heteroatoms. The van der Waals surface area contributed by atoms with E-state index in [2.05, 4.69) is 126 Å². The highest BCUT2D eigenvalue weighted by Gasteiger charge is 2.28. The molecule has 0 saturated carbocycles. The number of nitrogens with one attached hydrogen (secondary N) is 1. The summed E-state index contributed by atoms with van der Waals surface area (Å²) >= 11 is 0. The molecule has 0 saturated heterocycles. The highest BCUT2D eigenvalue weighted by atomic mass is 31.1. The Balaban J connectivity index is 2.75. The Labute approximate surface area is 214 Å². The van der Waals surface area contributed by atoms with Crippen molar-refractivity contribution in [3.8, 4) is 0 Å². The number of hydrogen-bond donors (Lipinski definition) is 1. The molecule has 35 heavy (non-hydrogen) atoms. The normalized spacial score (nSPS) is 13.8. The third-order valence-electron chi connectivity index (χ3n) is 6.53. The summed E-state index contributed by atoms with van der Waals surface area (Å²) in [4.78, 5) is 0. The van der Waals surface area contributed by atoms with Crippen LogP contribution in [0.15, 0.2) is 32.7 Å². The summed E-state index contributed by atoms with van der Waals surface area (Å²) < 4.78 is 13.6. The third kappa shape index (κ3) is 6.00. The highest BCUT2D eigenvalue weighted by molar-refractivity contribution is 7.38. The SMILES string of the molecule is CC(C)Np1oc2c(C(C)(C)C)cc(C(C)(C)C)cc2c2cc(C(C)(C)C)cc(C(C)(C)C)c2o1. The summed E-state index contributed by atoms with van der Waals surface area (Å²) in [5.74, 6) is 0. The summed E-state index contributed by atoms with van der Waals surface area (Å²) in [5.41, 5.74) is 6.86. The second-order valence-electron chi connectivity index (χ2n) is 14.5. The lowest BCUT2D eigenvalue weighted by molar-refractivity contribution is 0.556. The third-order valence-corrected chi connectivity index (χ3v) is 7.95. The predicted molar refractivity (Wildman–Crippen MR) is 156 cm³/mol. The maximum absolute atomic E-state index is 6.80. The summed E-state index contributed by atoms with van der Waals surface area (Å²) in [6, 6.07) is 9.64. The largest absolute Gasteiger partial charge is 0.408 e. The van der Waals surface area contributed by atoms with E-state index < -0.39 is 8.16 Å². The molecule has 2 aromatic carbocycles. The summed E-state index contributed by atoms with van der Waals surface area (Å²) in [6.45, 7) is 31.6. The van der Waals surface area contributed by atoms with Crippen LogP contribution in [0.1, 0.15) is 119 Å². The minimum atomic E-state index is -1.36. The average molecular weight is 498 g/mol. The first kappa shape index (κ1) is 27.9. The van der Waals surface area contributed by atoms with Gasteiger partial charge in [-0.25, -0.2) is 5.09 Å². The Morgan fingerprint density at radius 3 is 1.17 bits per heavy atom. The lowest BCUT2D eigenvalue weighted by atomic mass is 9.77. The zero-order chi connectivity index (χ0) is 26.7. The average Bonchev–Trinajstić information content (AvgIpc) is 2.78. The number of rotatable bonds is 2. The fraction of sp³-hybridized carbons (Fsp3) is 0.613. The molecule has 0 unspecified atom stereocenters. The molecule has 0 fully saturated rings. The van der Waals surface area contributed by atoms with Crippen molar-refractivity contribution in [2.24, 2.45) is 0 Å². The van der Waals surface area contributed by atoms with E-state index in [1.54, 1.807) is 0 Å². The lowest BCUT2D eigenvalue weighted by Crippen LogP contribution is -2.17. The van der Waals surface area contributed by atoms with Gasteiger partial charge in [-0.15, -0.1) is 0 Å². The standard InChI is InChI=1S/C31H48NO2P/c1-19(2)32-35-33-26-22(15-20(28(3,4)5)17-24(26)30(9,10)11)23-16-21(29(6,7)8)18-25(27(23)34-35)31(12,13)14/h15-19,32H,1-14H3. The maximum Gasteiger partial charge on any atom is 0.307 e. The number of benzene rings is 2. The van der Waals surface area contributed by atoms with E-state index in [1.165, 1.54) is 22.3 Å². The van der Waals surface area contributed by atoms with E-state index in [0.717, 1.165) is 21.9 Å². The first-order valence-electron chi connectivity index (χ1n) is 13.0. The molecule has 0 spiro atoms. The molecule has 194 valence electrons. The summed E-state index contributed by atoms with van der Waals surface area (Å²) in [6.07, 6.45) is 0. The molecule has 3 aromatic rings. The molecule has 3 nitrogen and oxygen atoms in total. The zero-order valence-electron chi connectivity index (χ0n) is 24.7. The van der Waals surface area contributed by atoms with Crippen LogP contribution >= 0.6 is 8.16 Å². The molecule has 1 aromatic heterocycles. The lowest BCUT2D eigenvalue weighted by Gasteiger charge is -2.27. The first-order chi connectivity index (χ1) is 15.7. The van der Waals surface area contributed by atoms with Gasteiger partial charge in [0, 0.05) is 27.9 Å². The van der Waals surface area contributed by atoms with Crippen molar-refractivity contribution in [2.75, 3.05) is 5.09 Å². The van der Waals surface area contributed by atoms with E-state index >= 15 is 0 Å². The minimum Gasteiger partial charge on any atom is -0.408 e. The Morgan fingerprint density at radius 2 is 0.914 bits per heavy atom. The monoisotopic (exact) mass is 497 g/mol. The fourth-order valence-corrected chi connectivity index (χ4v) is 5.57. The van der Waals surface area contributed by atoms with Gasteiger partial charge >= 0.3 is 8.16 Å². The van der Waals surface area contributed by atoms with Crippen LogP contribution in [0.5, 0.6) is 0 Å². The molecule has 0 radical (unpaired) electrons. The van der Waals surface area contributed by atoms with E-state index in [-0.39, 0.29) is 27.7 Å². The quantitative estimate of drug-likeness (QED) is 0.383. The van der Waals surface area contributed by atoms with Gasteiger partial charge in [-0.3, -0.25) is 0 Å². The molecule has 0 atom stereocenters. The van der Waals surface area contributed by atoms with Crippen molar-refractivity contribution in [1.82, 2.24) is 0 Å². The Hall–Kier alpha value is -1.70. The van der Waals surface area contributed by atoms with Crippen LogP contribution in [0, 0.1) is 0 Å². The van der Waals surface area contributed by atoms with Crippen molar-refractivity contribution in [3.63, 3.8) is 0 Å². The van der Waals surface area contributed by atoms with E-state index in [0.29, 0.717) is 0 Å². The molecule has 0 aliphatic rings. The van der Waals surface area contributed by atoms with Gasteiger partial charge in [0.25, 0.3) is 0 Å². The van der Waals surface area contributed by atoms with Gasteiger partial charge in [0.15, 0.2) is 0 Å². The van der Waals surface area contributed by atoms with Crippen molar-refractivity contribution in [3.05, 3.63) is 46.5 Å². The molecular formula is C31H48NO2P.